The minimum Gasteiger partial charge on any atom is -0.393 e. The molecule has 0 aromatic carbocycles. The Kier molecular flexibility index (Phi) is 39.6. The third kappa shape index (κ3) is 45.7. The summed E-state index contributed by atoms with van der Waals surface area (Å²) in [5, 5.41) is 12.9. The van der Waals surface area contributed by atoms with Crippen molar-refractivity contribution in [2.45, 2.75) is 145 Å². The van der Waals surface area contributed by atoms with E-state index in [1.165, 1.54) is 19.3 Å². The molecule has 0 aromatic rings. The fourth-order valence-corrected chi connectivity index (χ4v) is 3.01. The van der Waals surface area contributed by atoms with Crippen LogP contribution >= 0.6 is 12.6 Å². The van der Waals surface area contributed by atoms with Gasteiger partial charge in [-0.1, -0.05) is 101 Å². The highest BCUT2D eigenvalue weighted by atomic mass is 32.1. The van der Waals surface area contributed by atoms with Crippen molar-refractivity contribution in [1.82, 2.24) is 5.32 Å². The summed E-state index contributed by atoms with van der Waals surface area (Å²) >= 11 is 4.54. The van der Waals surface area contributed by atoms with E-state index in [1.54, 1.807) is 0 Å². The molecule has 0 saturated heterocycles. The van der Waals surface area contributed by atoms with Crippen LogP contribution in [0.5, 0.6) is 0 Å². The Balaban J connectivity index is -0.000000135. The molecule has 37 heavy (non-hydrogen) atoms. The number of rotatable bonds is 13. The average Bonchev–Trinajstić information content (AvgIpc) is 2.81. The van der Waals surface area contributed by atoms with Crippen LogP contribution in [-0.2, 0) is 4.79 Å². The van der Waals surface area contributed by atoms with E-state index in [-0.39, 0.29) is 22.2 Å². The van der Waals surface area contributed by atoms with Crippen LogP contribution in [0.15, 0.2) is 12.7 Å². The number of nitrogens with two attached hydrogens (primary N) is 2. The average molecular weight is 550 g/mol. The summed E-state index contributed by atoms with van der Waals surface area (Å²) in [4.78, 5) is 10.9. The van der Waals surface area contributed by atoms with Gasteiger partial charge in [0, 0.05) is 24.3 Å². The molecule has 0 aliphatic heterocycles. The molecule has 0 fully saturated rings. The molecule has 0 saturated carbocycles. The highest BCUT2D eigenvalue weighted by Gasteiger charge is 2.33. The molecular formula is C31H71N3O2S. The summed E-state index contributed by atoms with van der Waals surface area (Å²) in [5.74, 6) is 1.23. The van der Waals surface area contributed by atoms with Gasteiger partial charge in [-0.05, 0) is 56.4 Å². The SMILES string of the molecule is C=CC(C)(S)CC(C)(C)C(O)CC(C)C.CC(C)CCC(=O)NCCN.CCC.CCCC.CCCN. The van der Waals surface area contributed by atoms with Crippen molar-refractivity contribution in [3.63, 3.8) is 0 Å². The molecule has 0 aliphatic carbocycles. The summed E-state index contributed by atoms with van der Waals surface area (Å²) in [5.41, 5.74) is 10.1. The van der Waals surface area contributed by atoms with Gasteiger partial charge in [-0.2, -0.15) is 12.6 Å². The molecule has 228 valence electrons. The minimum atomic E-state index is -0.274. The zero-order chi connectivity index (χ0) is 30.5. The Morgan fingerprint density at radius 1 is 0.946 bits per heavy atom. The predicted molar refractivity (Wildman–Crippen MR) is 173 cm³/mol. The summed E-state index contributed by atoms with van der Waals surface area (Å²) in [6, 6.07) is 0. The first kappa shape index (κ1) is 46.3. The van der Waals surface area contributed by atoms with Crippen LogP contribution in [0.1, 0.15) is 134 Å². The molecule has 0 spiro atoms. The lowest BCUT2D eigenvalue weighted by molar-refractivity contribution is -0.121. The number of hydrogen-bond acceptors (Lipinski definition) is 5. The normalized spacial score (nSPS) is 12.7. The van der Waals surface area contributed by atoms with Crippen LogP contribution in [0.2, 0.25) is 0 Å². The van der Waals surface area contributed by atoms with E-state index in [9.17, 15) is 9.90 Å². The van der Waals surface area contributed by atoms with Crippen molar-refractivity contribution in [2.75, 3.05) is 19.6 Å². The molecular weight excluding hydrogens is 478 g/mol. The monoisotopic (exact) mass is 550 g/mol. The Bertz CT molecular complexity index is 459. The molecule has 6 N–H and O–H groups in total. The topological polar surface area (TPSA) is 101 Å². The molecule has 0 rings (SSSR count). The maximum absolute atomic E-state index is 10.9. The number of carbonyl (C=O) groups excluding carboxylic acids is 1. The molecule has 2 unspecified atom stereocenters. The zero-order valence-corrected chi connectivity index (χ0v) is 28.1. The Hall–Kier alpha value is -0.560. The minimum absolute atomic E-state index is 0.115. The van der Waals surface area contributed by atoms with Crippen LogP contribution in [0.25, 0.3) is 0 Å². The quantitative estimate of drug-likeness (QED) is 0.120. The van der Waals surface area contributed by atoms with E-state index in [4.69, 9.17) is 11.5 Å². The second kappa shape index (κ2) is 31.7. The van der Waals surface area contributed by atoms with Crippen molar-refractivity contribution in [2.24, 2.45) is 28.7 Å². The third-order valence-electron chi connectivity index (χ3n) is 5.05. The van der Waals surface area contributed by atoms with Crippen LogP contribution in [0.4, 0.5) is 0 Å². The predicted octanol–water partition coefficient (Wildman–Crippen LogP) is 7.76. The largest absolute Gasteiger partial charge is 0.393 e. The molecule has 5 nitrogen and oxygen atoms in total. The van der Waals surface area contributed by atoms with Crippen molar-refractivity contribution < 1.29 is 9.90 Å². The second-order valence-electron chi connectivity index (χ2n) is 11.4. The lowest BCUT2D eigenvalue weighted by atomic mass is 9.76. The number of aliphatic hydroxyl groups excluding tert-OH is 1. The fraction of sp³-hybridized carbons (Fsp3) is 0.903. The highest BCUT2D eigenvalue weighted by molar-refractivity contribution is 7.82. The van der Waals surface area contributed by atoms with Crippen molar-refractivity contribution >= 4 is 18.5 Å². The van der Waals surface area contributed by atoms with Crippen molar-refractivity contribution in [1.29, 1.82) is 0 Å². The van der Waals surface area contributed by atoms with Gasteiger partial charge in [0.15, 0.2) is 0 Å². The fourth-order valence-electron chi connectivity index (χ4n) is 2.60. The highest BCUT2D eigenvalue weighted by Crippen LogP contribution is 2.37. The number of thiol groups is 1. The van der Waals surface area contributed by atoms with Gasteiger partial charge in [-0.3, -0.25) is 4.79 Å². The Morgan fingerprint density at radius 3 is 1.65 bits per heavy atom. The molecule has 6 heteroatoms. The molecule has 0 radical (unpaired) electrons. The molecule has 0 aliphatic rings. The first-order valence-corrected chi connectivity index (χ1v) is 15.2. The third-order valence-corrected chi connectivity index (χ3v) is 5.39. The second-order valence-corrected chi connectivity index (χ2v) is 12.5. The Labute approximate surface area is 239 Å². The van der Waals surface area contributed by atoms with Gasteiger partial charge in [0.1, 0.15) is 0 Å². The van der Waals surface area contributed by atoms with Crippen LogP contribution in [0.3, 0.4) is 0 Å². The van der Waals surface area contributed by atoms with Crippen molar-refractivity contribution in [3.8, 4) is 0 Å². The van der Waals surface area contributed by atoms with Crippen LogP contribution < -0.4 is 16.8 Å². The van der Waals surface area contributed by atoms with E-state index in [0.29, 0.717) is 31.3 Å². The van der Waals surface area contributed by atoms with Gasteiger partial charge in [0.25, 0.3) is 0 Å². The summed E-state index contributed by atoms with van der Waals surface area (Å²) < 4.78 is -0.207. The van der Waals surface area contributed by atoms with Gasteiger partial charge in [0.05, 0.1) is 6.10 Å². The summed E-state index contributed by atoms with van der Waals surface area (Å²) in [6.07, 6.45) is 9.81. The van der Waals surface area contributed by atoms with Crippen LogP contribution in [-0.4, -0.2) is 41.5 Å². The van der Waals surface area contributed by atoms with E-state index in [2.05, 4.69) is 101 Å². The molecule has 2 atom stereocenters. The maximum atomic E-state index is 10.9. The molecule has 0 aromatic heterocycles. The first-order chi connectivity index (χ1) is 17.0. The van der Waals surface area contributed by atoms with Gasteiger partial charge < -0.3 is 21.9 Å². The number of nitrogens with one attached hydrogen (secondary N) is 1. The zero-order valence-electron chi connectivity index (χ0n) is 27.3. The number of unbranched alkanes of at least 4 members (excludes halogenated alkanes) is 1. The number of hydrogen-bond donors (Lipinski definition) is 5. The number of amides is 1. The van der Waals surface area contributed by atoms with E-state index >= 15 is 0 Å². The maximum Gasteiger partial charge on any atom is 0.220 e. The van der Waals surface area contributed by atoms with Gasteiger partial charge in [0.2, 0.25) is 5.91 Å². The van der Waals surface area contributed by atoms with E-state index in [0.717, 1.165) is 32.2 Å². The van der Waals surface area contributed by atoms with Gasteiger partial charge >= 0.3 is 0 Å². The molecule has 0 heterocycles. The summed E-state index contributed by atoms with van der Waals surface area (Å²) in [6.45, 7) is 31.1. The first-order valence-electron chi connectivity index (χ1n) is 14.7. The molecule has 0 bridgehead atoms. The van der Waals surface area contributed by atoms with E-state index in [1.807, 2.05) is 13.0 Å². The number of carbonyl (C=O) groups is 1. The summed E-state index contributed by atoms with van der Waals surface area (Å²) in [7, 11) is 0. The number of aliphatic hydroxyl groups is 1. The smallest absolute Gasteiger partial charge is 0.220 e. The lowest BCUT2D eigenvalue weighted by Crippen LogP contribution is -2.36. The van der Waals surface area contributed by atoms with E-state index < -0.39 is 0 Å². The lowest BCUT2D eigenvalue weighted by Gasteiger charge is -2.37. The molecule has 1 amide bonds. The van der Waals surface area contributed by atoms with Gasteiger partial charge in [-0.15, -0.1) is 6.58 Å². The van der Waals surface area contributed by atoms with Gasteiger partial charge in [-0.25, -0.2) is 0 Å². The standard InChI is InChI=1S/C13H26OS.C8H18N2O.C4H10.C3H9N.C3H8/c1-7-13(6,15)9-12(4,5)11(14)8-10(2)3;1-7(2)3-4-8(11)10-6-5-9;1-3-4-2;1-2-3-4;1-3-2/h7,10-11,14-15H,1,8-9H2,2-6H3;7H,3-6,9H2,1-2H3,(H,10,11);3-4H2,1-2H3;2-4H2,1H3;3H2,1-2H3. The van der Waals surface area contributed by atoms with Crippen LogP contribution in [0, 0.1) is 17.3 Å². The van der Waals surface area contributed by atoms with Crippen molar-refractivity contribution in [3.05, 3.63) is 12.7 Å². The Morgan fingerprint density at radius 2 is 1.38 bits per heavy atom.